The Morgan fingerprint density at radius 2 is 1.68 bits per heavy atom. The lowest BCUT2D eigenvalue weighted by Gasteiger charge is -2.33. The molecule has 1 amide bonds. The number of hydrogen-bond acceptors (Lipinski definition) is 5. The molecule has 0 aromatic heterocycles. The highest BCUT2D eigenvalue weighted by Crippen LogP contribution is 2.33. The SMILES string of the molecule is C[C@H](CCN(C)C(=O)OC(C)(C)C)C(F)(Cc1cccc(C=O)c1)C(=O)OC(C)(C)C. The van der Waals surface area contributed by atoms with Crippen molar-refractivity contribution in [2.75, 3.05) is 13.6 Å². The summed E-state index contributed by atoms with van der Waals surface area (Å²) in [6.07, 6.45) is 0.149. The highest BCUT2D eigenvalue weighted by atomic mass is 19.1. The number of hydrogen-bond donors (Lipinski definition) is 0. The summed E-state index contributed by atoms with van der Waals surface area (Å²) >= 11 is 0. The smallest absolute Gasteiger partial charge is 0.410 e. The van der Waals surface area contributed by atoms with Crippen LogP contribution in [0.15, 0.2) is 24.3 Å². The van der Waals surface area contributed by atoms with Crippen LogP contribution in [0.25, 0.3) is 0 Å². The van der Waals surface area contributed by atoms with Gasteiger partial charge in [0.25, 0.3) is 0 Å². The summed E-state index contributed by atoms with van der Waals surface area (Å²) in [5.41, 5.74) is -2.90. The maximum absolute atomic E-state index is 16.3. The summed E-state index contributed by atoms with van der Waals surface area (Å²) in [5, 5.41) is 0. The fraction of sp³-hybridized carbons (Fsp3) is 0.625. The van der Waals surface area contributed by atoms with Crippen LogP contribution < -0.4 is 0 Å². The predicted molar refractivity (Wildman–Crippen MR) is 118 cm³/mol. The molecular formula is C24H36FNO5. The summed E-state index contributed by atoms with van der Waals surface area (Å²) < 4.78 is 27.0. The number of rotatable bonds is 8. The van der Waals surface area contributed by atoms with Crippen LogP contribution in [0.3, 0.4) is 0 Å². The van der Waals surface area contributed by atoms with Crippen molar-refractivity contribution >= 4 is 18.3 Å². The van der Waals surface area contributed by atoms with Gasteiger partial charge in [0.2, 0.25) is 5.67 Å². The summed E-state index contributed by atoms with van der Waals surface area (Å²) in [5.74, 6) is -1.71. The number of amides is 1. The first-order valence-corrected chi connectivity index (χ1v) is 10.5. The summed E-state index contributed by atoms with van der Waals surface area (Å²) in [6.45, 7) is 12.2. The van der Waals surface area contributed by atoms with Gasteiger partial charge >= 0.3 is 12.1 Å². The quantitative estimate of drug-likeness (QED) is 0.423. The normalized spacial score (nSPS) is 14.9. The fourth-order valence-electron chi connectivity index (χ4n) is 2.93. The first-order valence-electron chi connectivity index (χ1n) is 10.5. The molecule has 0 saturated heterocycles. The second kappa shape index (κ2) is 10.2. The van der Waals surface area contributed by atoms with E-state index in [1.165, 1.54) is 4.90 Å². The second-order valence-electron chi connectivity index (χ2n) is 10.00. The molecule has 0 N–H and O–H groups in total. The molecule has 0 radical (unpaired) electrons. The number of carbonyl (C=O) groups excluding carboxylic acids is 3. The average molecular weight is 438 g/mol. The molecule has 6 nitrogen and oxygen atoms in total. The van der Waals surface area contributed by atoms with Crippen LogP contribution in [-0.4, -0.2) is 53.7 Å². The number of esters is 1. The Bertz CT molecular complexity index is 781. The third-order valence-corrected chi connectivity index (χ3v) is 4.67. The van der Waals surface area contributed by atoms with E-state index in [1.54, 1.807) is 79.8 Å². The standard InChI is InChI=1S/C24H36FNO5/c1-17(12-13-26(8)21(29)31-23(5,6)7)24(25,20(28)30-22(2,3)4)15-18-10-9-11-19(14-18)16-27/h9-11,14,16-17H,12-13,15H2,1-8H3/t17-,24?/m1/s1. The Hall–Kier alpha value is -2.44. The van der Waals surface area contributed by atoms with Gasteiger partial charge in [-0.1, -0.05) is 25.1 Å². The van der Waals surface area contributed by atoms with Gasteiger partial charge in [-0.25, -0.2) is 14.0 Å². The number of benzene rings is 1. The van der Waals surface area contributed by atoms with E-state index in [2.05, 4.69) is 0 Å². The number of nitrogens with zero attached hydrogens (tertiary/aromatic N) is 1. The minimum Gasteiger partial charge on any atom is -0.458 e. The Morgan fingerprint density at radius 3 is 2.19 bits per heavy atom. The number of ether oxygens (including phenoxy) is 2. The van der Waals surface area contributed by atoms with Crippen molar-refractivity contribution in [3.63, 3.8) is 0 Å². The maximum atomic E-state index is 16.3. The van der Waals surface area contributed by atoms with Crippen molar-refractivity contribution in [3.8, 4) is 0 Å². The van der Waals surface area contributed by atoms with Crippen LogP contribution >= 0.6 is 0 Å². The zero-order chi connectivity index (χ0) is 24.0. The van der Waals surface area contributed by atoms with Crippen LogP contribution in [0.5, 0.6) is 0 Å². The van der Waals surface area contributed by atoms with Gasteiger partial charge < -0.3 is 14.4 Å². The molecule has 0 bridgehead atoms. The van der Waals surface area contributed by atoms with Crippen molar-refractivity contribution in [1.29, 1.82) is 0 Å². The predicted octanol–water partition coefficient (Wildman–Crippen LogP) is 4.98. The molecule has 0 saturated carbocycles. The number of aldehydes is 1. The molecule has 7 heteroatoms. The van der Waals surface area contributed by atoms with Gasteiger partial charge in [0.1, 0.15) is 17.5 Å². The highest BCUT2D eigenvalue weighted by molar-refractivity contribution is 5.81. The zero-order valence-electron chi connectivity index (χ0n) is 20.0. The molecule has 1 aromatic carbocycles. The monoisotopic (exact) mass is 437 g/mol. The Morgan fingerprint density at radius 1 is 1.10 bits per heavy atom. The van der Waals surface area contributed by atoms with E-state index in [4.69, 9.17) is 9.47 Å². The van der Waals surface area contributed by atoms with Gasteiger partial charge in [-0.15, -0.1) is 0 Å². The van der Waals surface area contributed by atoms with E-state index in [-0.39, 0.29) is 19.4 Å². The lowest BCUT2D eigenvalue weighted by molar-refractivity contribution is -0.173. The topological polar surface area (TPSA) is 72.9 Å². The molecule has 1 unspecified atom stereocenters. The molecule has 174 valence electrons. The molecule has 0 heterocycles. The van der Waals surface area contributed by atoms with Gasteiger partial charge in [0.15, 0.2) is 0 Å². The van der Waals surface area contributed by atoms with Crippen LogP contribution in [0.1, 0.15) is 70.8 Å². The molecule has 1 aromatic rings. The van der Waals surface area contributed by atoms with Crippen molar-refractivity contribution in [2.45, 2.75) is 78.2 Å². The summed E-state index contributed by atoms with van der Waals surface area (Å²) in [6, 6.07) is 6.50. The molecule has 31 heavy (non-hydrogen) atoms. The van der Waals surface area contributed by atoms with Crippen LogP contribution in [0.2, 0.25) is 0 Å². The van der Waals surface area contributed by atoms with Gasteiger partial charge in [-0.2, -0.15) is 0 Å². The van der Waals surface area contributed by atoms with E-state index in [1.807, 2.05) is 0 Å². The average Bonchev–Trinajstić information content (AvgIpc) is 2.62. The van der Waals surface area contributed by atoms with Crippen LogP contribution in [0.4, 0.5) is 9.18 Å². The van der Waals surface area contributed by atoms with E-state index < -0.39 is 34.9 Å². The van der Waals surface area contributed by atoms with E-state index in [0.29, 0.717) is 17.4 Å². The van der Waals surface area contributed by atoms with Crippen molar-refractivity contribution in [3.05, 3.63) is 35.4 Å². The molecule has 1 rings (SSSR count). The van der Waals surface area contributed by atoms with Gasteiger partial charge in [0, 0.05) is 31.5 Å². The molecular weight excluding hydrogens is 401 g/mol. The number of halogens is 1. The summed E-state index contributed by atoms with van der Waals surface area (Å²) in [4.78, 5) is 37.5. The second-order valence-corrected chi connectivity index (χ2v) is 10.00. The Labute approximate surface area is 185 Å². The summed E-state index contributed by atoms with van der Waals surface area (Å²) in [7, 11) is 1.57. The molecule has 0 fully saturated rings. The first kappa shape index (κ1) is 26.6. The lowest BCUT2D eigenvalue weighted by Crippen LogP contribution is -2.47. The number of carbonyl (C=O) groups is 3. The zero-order valence-corrected chi connectivity index (χ0v) is 20.0. The van der Waals surface area contributed by atoms with Gasteiger partial charge in [-0.3, -0.25) is 4.79 Å². The Balaban J connectivity index is 3.05. The largest absolute Gasteiger partial charge is 0.458 e. The van der Waals surface area contributed by atoms with Crippen LogP contribution in [-0.2, 0) is 20.7 Å². The first-order chi connectivity index (χ1) is 14.1. The van der Waals surface area contributed by atoms with Crippen molar-refractivity contribution in [1.82, 2.24) is 4.90 Å². The molecule has 0 aliphatic heterocycles. The third-order valence-electron chi connectivity index (χ3n) is 4.67. The molecule has 0 aliphatic rings. The van der Waals surface area contributed by atoms with Crippen LogP contribution in [0, 0.1) is 5.92 Å². The van der Waals surface area contributed by atoms with Crippen molar-refractivity contribution < 1.29 is 28.2 Å². The van der Waals surface area contributed by atoms with Crippen molar-refractivity contribution in [2.24, 2.45) is 5.92 Å². The molecule has 2 atom stereocenters. The van der Waals surface area contributed by atoms with E-state index >= 15 is 4.39 Å². The van der Waals surface area contributed by atoms with Gasteiger partial charge in [0.05, 0.1) is 0 Å². The maximum Gasteiger partial charge on any atom is 0.410 e. The minimum atomic E-state index is -2.33. The minimum absolute atomic E-state index is 0.207. The van der Waals surface area contributed by atoms with E-state index in [0.717, 1.165) is 0 Å². The number of alkyl halides is 1. The third kappa shape index (κ3) is 8.67. The lowest BCUT2D eigenvalue weighted by atomic mass is 9.82. The molecule has 0 spiro atoms. The Kier molecular flexibility index (Phi) is 8.79. The van der Waals surface area contributed by atoms with E-state index in [9.17, 15) is 14.4 Å². The van der Waals surface area contributed by atoms with Gasteiger partial charge in [-0.05, 0) is 59.6 Å². The highest BCUT2D eigenvalue weighted by Gasteiger charge is 2.47. The fourth-order valence-corrected chi connectivity index (χ4v) is 2.93. The molecule has 0 aliphatic carbocycles.